The van der Waals surface area contributed by atoms with Crippen LogP contribution in [0.25, 0.3) is 0 Å². The molecule has 0 fully saturated rings. The van der Waals surface area contributed by atoms with Gasteiger partial charge in [-0.25, -0.2) is 4.39 Å². The van der Waals surface area contributed by atoms with E-state index in [9.17, 15) is 4.39 Å². The van der Waals surface area contributed by atoms with E-state index in [-0.39, 0.29) is 11.9 Å². The average Bonchev–Trinajstić information content (AvgIpc) is 2.18. The van der Waals surface area contributed by atoms with E-state index in [1.54, 1.807) is 6.07 Å². The molecule has 1 N–H and O–H groups in total. The molecule has 3 heteroatoms. The summed E-state index contributed by atoms with van der Waals surface area (Å²) < 4.78 is 14.4. The lowest BCUT2D eigenvalue weighted by Gasteiger charge is -2.17. The zero-order valence-corrected chi connectivity index (χ0v) is 10.1. The fourth-order valence-electron chi connectivity index (χ4n) is 1.50. The molecule has 78 valence electrons. The first-order valence-electron chi connectivity index (χ1n) is 4.87. The third kappa shape index (κ3) is 2.79. The van der Waals surface area contributed by atoms with Crippen LogP contribution in [0.5, 0.6) is 0 Å². The first-order valence-corrected chi connectivity index (χ1v) is 5.66. The fraction of sp³-hybridized carbons (Fsp3) is 0.455. The van der Waals surface area contributed by atoms with E-state index >= 15 is 0 Å². The molecule has 1 aromatic rings. The second kappa shape index (κ2) is 5.47. The van der Waals surface area contributed by atoms with E-state index in [0.717, 1.165) is 23.0 Å². The van der Waals surface area contributed by atoms with Gasteiger partial charge in [0.2, 0.25) is 0 Å². The predicted molar refractivity (Wildman–Crippen MR) is 60.8 cm³/mol. The zero-order valence-electron chi connectivity index (χ0n) is 8.48. The van der Waals surface area contributed by atoms with Crippen molar-refractivity contribution in [1.29, 1.82) is 0 Å². The summed E-state index contributed by atoms with van der Waals surface area (Å²) in [6.45, 7) is 4.93. The summed E-state index contributed by atoms with van der Waals surface area (Å²) in [6.07, 6.45) is 0.890. The third-order valence-corrected chi connectivity index (χ3v) is 2.69. The fourth-order valence-corrected chi connectivity index (χ4v) is 1.88. The van der Waals surface area contributed by atoms with Crippen molar-refractivity contribution in [2.45, 2.75) is 26.3 Å². The van der Waals surface area contributed by atoms with Crippen molar-refractivity contribution >= 4 is 15.9 Å². The van der Waals surface area contributed by atoms with Crippen LogP contribution in [0.1, 0.15) is 31.9 Å². The molecule has 0 amide bonds. The number of rotatable bonds is 4. The van der Waals surface area contributed by atoms with Crippen molar-refractivity contribution in [3.63, 3.8) is 0 Å². The van der Waals surface area contributed by atoms with Gasteiger partial charge in [0.15, 0.2) is 0 Å². The van der Waals surface area contributed by atoms with Crippen LogP contribution in [0.15, 0.2) is 22.7 Å². The Morgan fingerprint density at radius 3 is 2.71 bits per heavy atom. The highest BCUT2D eigenvalue weighted by Crippen LogP contribution is 2.23. The van der Waals surface area contributed by atoms with Crippen LogP contribution < -0.4 is 5.32 Å². The molecular formula is C11H15BrFN. The highest BCUT2D eigenvalue weighted by atomic mass is 79.9. The van der Waals surface area contributed by atoms with Crippen molar-refractivity contribution in [2.75, 3.05) is 6.54 Å². The summed E-state index contributed by atoms with van der Waals surface area (Å²) in [4.78, 5) is 0. The molecule has 0 aliphatic carbocycles. The second-order valence-corrected chi connectivity index (χ2v) is 4.10. The highest BCUT2D eigenvalue weighted by molar-refractivity contribution is 9.10. The van der Waals surface area contributed by atoms with Gasteiger partial charge in [0.1, 0.15) is 5.82 Å². The smallest absolute Gasteiger partial charge is 0.128 e. The van der Waals surface area contributed by atoms with Crippen molar-refractivity contribution in [2.24, 2.45) is 0 Å². The third-order valence-electron chi connectivity index (χ3n) is 2.19. The van der Waals surface area contributed by atoms with Crippen molar-refractivity contribution in [3.05, 3.63) is 34.1 Å². The van der Waals surface area contributed by atoms with E-state index in [2.05, 4.69) is 21.2 Å². The standard InChI is InChI=1S/C11H15BrFN/c1-3-11(14-4-2)9-7-8(12)5-6-10(9)13/h5-7,11,14H,3-4H2,1-2H3. The largest absolute Gasteiger partial charge is 0.310 e. The molecule has 1 aromatic carbocycles. The van der Waals surface area contributed by atoms with Crippen LogP contribution in [-0.4, -0.2) is 6.54 Å². The average molecular weight is 260 g/mol. The van der Waals surface area contributed by atoms with Gasteiger partial charge < -0.3 is 5.32 Å². The minimum absolute atomic E-state index is 0.109. The molecule has 14 heavy (non-hydrogen) atoms. The van der Waals surface area contributed by atoms with Crippen LogP contribution in [-0.2, 0) is 0 Å². The van der Waals surface area contributed by atoms with Gasteiger partial charge in [-0.3, -0.25) is 0 Å². The SMILES string of the molecule is CCNC(CC)c1cc(Br)ccc1F. The maximum atomic E-state index is 13.5. The van der Waals surface area contributed by atoms with Crippen LogP contribution in [0.2, 0.25) is 0 Å². The maximum absolute atomic E-state index is 13.5. The maximum Gasteiger partial charge on any atom is 0.128 e. The molecule has 0 bridgehead atoms. The summed E-state index contributed by atoms with van der Waals surface area (Å²) in [7, 11) is 0. The Bertz CT molecular complexity index is 301. The molecule has 1 rings (SSSR count). The van der Waals surface area contributed by atoms with Gasteiger partial charge in [-0.1, -0.05) is 29.8 Å². The molecule has 0 aromatic heterocycles. The molecule has 0 aliphatic heterocycles. The lowest BCUT2D eigenvalue weighted by Crippen LogP contribution is -2.21. The summed E-state index contributed by atoms with van der Waals surface area (Å²) in [6, 6.07) is 5.17. The number of nitrogens with one attached hydrogen (secondary N) is 1. The molecule has 0 radical (unpaired) electrons. The Morgan fingerprint density at radius 1 is 1.43 bits per heavy atom. The van der Waals surface area contributed by atoms with Crippen LogP contribution in [0.4, 0.5) is 4.39 Å². The number of hydrogen-bond donors (Lipinski definition) is 1. The van der Waals surface area contributed by atoms with Gasteiger partial charge in [0.25, 0.3) is 0 Å². The summed E-state index contributed by atoms with van der Waals surface area (Å²) in [5, 5.41) is 3.26. The Labute approximate surface area is 92.8 Å². The first-order chi connectivity index (χ1) is 6.69. The Hall–Kier alpha value is -0.410. The molecule has 1 atom stereocenters. The Kier molecular flexibility index (Phi) is 4.55. The van der Waals surface area contributed by atoms with Gasteiger partial charge in [-0.15, -0.1) is 0 Å². The van der Waals surface area contributed by atoms with E-state index in [1.807, 2.05) is 19.9 Å². The molecule has 0 heterocycles. The number of benzene rings is 1. The summed E-state index contributed by atoms with van der Waals surface area (Å²) in [5.41, 5.74) is 0.740. The highest BCUT2D eigenvalue weighted by Gasteiger charge is 2.12. The molecule has 0 spiro atoms. The van der Waals surface area contributed by atoms with Crippen molar-refractivity contribution in [1.82, 2.24) is 5.32 Å². The van der Waals surface area contributed by atoms with E-state index in [0.29, 0.717) is 0 Å². The van der Waals surface area contributed by atoms with Gasteiger partial charge in [0.05, 0.1) is 0 Å². The first kappa shape index (κ1) is 11.7. The molecule has 1 nitrogen and oxygen atoms in total. The summed E-state index contributed by atoms with van der Waals surface area (Å²) >= 11 is 3.35. The van der Waals surface area contributed by atoms with Crippen LogP contribution >= 0.6 is 15.9 Å². The summed E-state index contributed by atoms with van der Waals surface area (Å²) in [5.74, 6) is -0.138. The van der Waals surface area contributed by atoms with Crippen LogP contribution in [0, 0.1) is 5.82 Å². The monoisotopic (exact) mass is 259 g/mol. The molecule has 0 saturated heterocycles. The number of halogens is 2. The lowest BCUT2D eigenvalue weighted by atomic mass is 10.0. The van der Waals surface area contributed by atoms with E-state index in [1.165, 1.54) is 6.07 Å². The van der Waals surface area contributed by atoms with Gasteiger partial charge in [0, 0.05) is 16.1 Å². The van der Waals surface area contributed by atoms with Gasteiger partial charge >= 0.3 is 0 Å². The van der Waals surface area contributed by atoms with Crippen LogP contribution in [0.3, 0.4) is 0 Å². The van der Waals surface area contributed by atoms with Gasteiger partial charge in [-0.05, 0) is 31.2 Å². The topological polar surface area (TPSA) is 12.0 Å². The lowest BCUT2D eigenvalue weighted by molar-refractivity contribution is 0.501. The number of hydrogen-bond acceptors (Lipinski definition) is 1. The zero-order chi connectivity index (χ0) is 10.6. The second-order valence-electron chi connectivity index (χ2n) is 3.18. The molecular weight excluding hydrogens is 245 g/mol. The normalized spacial score (nSPS) is 12.9. The molecule has 0 aliphatic rings. The van der Waals surface area contributed by atoms with Crippen molar-refractivity contribution in [3.8, 4) is 0 Å². The van der Waals surface area contributed by atoms with E-state index < -0.39 is 0 Å². The van der Waals surface area contributed by atoms with Gasteiger partial charge in [-0.2, -0.15) is 0 Å². The minimum Gasteiger partial charge on any atom is -0.310 e. The predicted octanol–water partition coefficient (Wildman–Crippen LogP) is 3.65. The van der Waals surface area contributed by atoms with E-state index in [4.69, 9.17) is 0 Å². The van der Waals surface area contributed by atoms with Crippen molar-refractivity contribution < 1.29 is 4.39 Å². The molecule has 0 saturated carbocycles. The Balaban J connectivity index is 2.96. The Morgan fingerprint density at radius 2 is 2.14 bits per heavy atom. The minimum atomic E-state index is -0.138. The molecule has 1 unspecified atom stereocenters. The quantitative estimate of drug-likeness (QED) is 0.871.